The Bertz CT molecular complexity index is 747. The number of nitrogens with one attached hydrogen (secondary N) is 1. The van der Waals surface area contributed by atoms with Gasteiger partial charge in [-0.25, -0.2) is 9.78 Å². The maximum atomic E-state index is 12.2. The van der Waals surface area contributed by atoms with E-state index in [2.05, 4.69) is 16.9 Å². The molecule has 0 atom stereocenters. The van der Waals surface area contributed by atoms with Crippen molar-refractivity contribution >= 4 is 22.9 Å². The molecule has 7 nitrogen and oxygen atoms in total. The van der Waals surface area contributed by atoms with E-state index >= 15 is 0 Å². The van der Waals surface area contributed by atoms with Crippen LogP contribution in [0.1, 0.15) is 32.6 Å². The summed E-state index contributed by atoms with van der Waals surface area (Å²) in [4.78, 5) is 30.7. The van der Waals surface area contributed by atoms with Gasteiger partial charge in [-0.2, -0.15) is 0 Å². The van der Waals surface area contributed by atoms with E-state index in [1.807, 2.05) is 4.57 Å². The third kappa shape index (κ3) is 3.44. The third-order valence-corrected chi connectivity index (χ3v) is 4.55. The van der Waals surface area contributed by atoms with Crippen molar-refractivity contribution in [3.8, 4) is 0 Å². The van der Waals surface area contributed by atoms with E-state index in [0.717, 1.165) is 30.2 Å². The molecule has 0 aliphatic rings. The summed E-state index contributed by atoms with van der Waals surface area (Å²) in [7, 11) is 1.60. The van der Waals surface area contributed by atoms with Crippen LogP contribution in [0.3, 0.4) is 0 Å². The van der Waals surface area contributed by atoms with Gasteiger partial charge in [0.25, 0.3) is 5.56 Å². The van der Waals surface area contributed by atoms with Crippen LogP contribution in [0.15, 0.2) is 14.7 Å². The van der Waals surface area contributed by atoms with Crippen LogP contribution in [0, 0.1) is 0 Å². The molecule has 0 aromatic carbocycles. The fourth-order valence-electron chi connectivity index (χ4n) is 2.28. The van der Waals surface area contributed by atoms with Crippen LogP contribution in [0.5, 0.6) is 0 Å². The lowest BCUT2D eigenvalue weighted by Crippen LogP contribution is -2.29. The summed E-state index contributed by atoms with van der Waals surface area (Å²) in [5, 5.41) is 9.64. The summed E-state index contributed by atoms with van der Waals surface area (Å²) < 4.78 is 3.26. The predicted molar refractivity (Wildman–Crippen MR) is 87.5 cm³/mol. The second kappa shape index (κ2) is 7.64. The Morgan fingerprint density at radius 1 is 1.27 bits per heavy atom. The van der Waals surface area contributed by atoms with Gasteiger partial charge in [0.2, 0.25) is 0 Å². The number of aromatic amines is 1. The average molecular weight is 326 g/mol. The van der Waals surface area contributed by atoms with E-state index in [9.17, 15) is 9.59 Å². The Hall–Kier alpha value is -1.54. The minimum absolute atomic E-state index is 0.127. The smallest absolute Gasteiger partial charge is 0.329 e. The van der Waals surface area contributed by atoms with Gasteiger partial charge < -0.3 is 9.67 Å². The molecule has 0 aliphatic heterocycles. The van der Waals surface area contributed by atoms with Gasteiger partial charge in [0, 0.05) is 26.0 Å². The molecule has 8 heteroatoms. The van der Waals surface area contributed by atoms with Gasteiger partial charge in [-0.15, -0.1) is 0 Å². The van der Waals surface area contributed by atoms with Crippen molar-refractivity contribution in [3.05, 3.63) is 20.8 Å². The number of hydrogen-bond donors (Lipinski definition) is 2. The zero-order valence-electron chi connectivity index (χ0n) is 13.0. The van der Waals surface area contributed by atoms with E-state index in [1.54, 1.807) is 7.05 Å². The van der Waals surface area contributed by atoms with Gasteiger partial charge in [0.1, 0.15) is 0 Å². The Morgan fingerprint density at radius 2 is 2.05 bits per heavy atom. The molecule has 0 unspecified atom stereocenters. The average Bonchev–Trinajstić information content (AvgIpc) is 2.85. The molecule has 0 amide bonds. The normalized spacial score (nSPS) is 11.4. The molecular formula is C14H22N4O3S. The molecule has 0 bridgehead atoms. The first-order valence-electron chi connectivity index (χ1n) is 7.53. The minimum atomic E-state index is -0.456. The molecule has 2 heterocycles. The quantitative estimate of drug-likeness (QED) is 0.559. The number of hydrogen-bond acceptors (Lipinski definition) is 5. The number of imidazole rings is 1. The summed E-state index contributed by atoms with van der Waals surface area (Å²) in [6.07, 6.45) is 3.79. The van der Waals surface area contributed by atoms with Crippen molar-refractivity contribution in [3.63, 3.8) is 0 Å². The van der Waals surface area contributed by atoms with Crippen LogP contribution < -0.4 is 11.2 Å². The maximum absolute atomic E-state index is 12.2. The highest BCUT2D eigenvalue weighted by Crippen LogP contribution is 2.22. The van der Waals surface area contributed by atoms with Crippen LogP contribution >= 0.6 is 11.8 Å². The lowest BCUT2D eigenvalue weighted by molar-refractivity contribution is 0.296. The molecule has 0 aliphatic carbocycles. The number of thioether (sulfide) groups is 1. The number of aliphatic hydroxyl groups excluding tert-OH is 1. The molecule has 2 aromatic heterocycles. The lowest BCUT2D eigenvalue weighted by Gasteiger charge is -2.07. The lowest BCUT2D eigenvalue weighted by atomic mass is 10.2. The summed E-state index contributed by atoms with van der Waals surface area (Å²) in [5.41, 5.74) is 0.0140. The number of rotatable bonds is 8. The van der Waals surface area contributed by atoms with Gasteiger partial charge in [0.05, 0.1) is 0 Å². The van der Waals surface area contributed by atoms with E-state index in [4.69, 9.17) is 5.11 Å². The zero-order chi connectivity index (χ0) is 16.1. The largest absolute Gasteiger partial charge is 0.396 e. The summed E-state index contributed by atoms with van der Waals surface area (Å²) in [6, 6.07) is 0. The van der Waals surface area contributed by atoms with Gasteiger partial charge in [-0.05, 0) is 12.8 Å². The SMILES string of the molecule is CCCCCn1c(SCCCO)nc2c1c(=O)[nH]c(=O)n2C. The molecule has 122 valence electrons. The zero-order valence-corrected chi connectivity index (χ0v) is 13.8. The predicted octanol–water partition coefficient (Wildman–Crippen LogP) is 1.09. The number of unbranched alkanes of at least 4 members (excludes halogenated alkanes) is 2. The van der Waals surface area contributed by atoms with Gasteiger partial charge >= 0.3 is 5.69 Å². The number of nitrogens with zero attached hydrogens (tertiary/aromatic N) is 3. The van der Waals surface area contributed by atoms with Crippen molar-refractivity contribution in [2.24, 2.45) is 7.05 Å². The molecular weight excluding hydrogens is 304 g/mol. The minimum Gasteiger partial charge on any atom is -0.396 e. The van der Waals surface area contributed by atoms with Crippen LogP contribution in [0.25, 0.3) is 11.2 Å². The van der Waals surface area contributed by atoms with Crippen molar-refractivity contribution in [2.75, 3.05) is 12.4 Å². The number of H-pyrrole nitrogens is 1. The van der Waals surface area contributed by atoms with Crippen LogP contribution in [0.2, 0.25) is 0 Å². The molecule has 0 spiro atoms. The monoisotopic (exact) mass is 326 g/mol. The van der Waals surface area contributed by atoms with E-state index < -0.39 is 11.2 Å². The molecule has 2 rings (SSSR count). The topological polar surface area (TPSA) is 92.9 Å². The maximum Gasteiger partial charge on any atom is 0.329 e. The first-order valence-corrected chi connectivity index (χ1v) is 8.52. The summed E-state index contributed by atoms with van der Waals surface area (Å²) in [6.45, 7) is 2.95. The molecule has 0 radical (unpaired) electrons. The molecule has 0 saturated heterocycles. The van der Waals surface area contributed by atoms with Crippen LogP contribution in [0.4, 0.5) is 0 Å². The highest BCUT2D eigenvalue weighted by molar-refractivity contribution is 7.99. The van der Waals surface area contributed by atoms with Gasteiger partial charge in [-0.1, -0.05) is 31.5 Å². The fraction of sp³-hybridized carbons (Fsp3) is 0.643. The second-order valence-electron chi connectivity index (χ2n) is 5.17. The van der Waals surface area contributed by atoms with Gasteiger partial charge in [-0.3, -0.25) is 14.3 Å². The molecule has 2 N–H and O–H groups in total. The fourth-order valence-corrected chi connectivity index (χ4v) is 3.23. The molecule has 0 saturated carbocycles. The number of fused-ring (bicyclic) bond motifs is 1. The van der Waals surface area contributed by atoms with Crippen LogP contribution in [-0.4, -0.2) is 36.6 Å². The van der Waals surface area contributed by atoms with Gasteiger partial charge in [0.15, 0.2) is 16.3 Å². The Balaban J connectivity index is 2.49. The summed E-state index contributed by atoms with van der Waals surface area (Å²) >= 11 is 1.50. The van der Waals surface area contributed by atoms with Crippen molar-refractivity contribution in [2.45, 2.75) is 44.3 Å². The number of aliphatic hydroxyl groups is 1. The molecule has 2 aromatic rings. The Labute approximate surface area is 132 Å². The first-order chi connectivity index (χ1) is 10.6. The number of aryl methyl sites for hydroxylation is 2. The van der Waals surface area contributed by atoms with E-state index in [1.165, 1.54) is 16.3 Å². The van der Waals surface area contributed by atoms with E-state index in [0.29, 0.717) is 24.1 Å². The van der Waals surface area contributed by atoms with Crippen molar-refractivity contribution < 1.29 is 5.11 Å². The first kappa shape index (κ1) is 16.8. The second-order valence-corrected chi connectivity index (χ2v) is 6.23. The summed E-state index contributed by atoms with van der Waals surface area (Å²) in [5.74, 6) is 0.722. The highest BCUT2D eigenvalue weighted by atomic mass is 32.2. The number of aromatic nitrogens is 4. The Kier molecular flexibility index (Phi) is 5.84. The Morgan fingerprint density at radius 3 is 2.73 bits per heavy atom. The molecule has 22 heavy (non-hydrogen) atoms. The van der Waals surface area contributed by atoms with Crippen molar-refractivity contribution in [1.29, 1.82) is 0 Å². The third-order valence-electron chi connectivity index (χ3n) is 3.49. The van der Waals surface area contributed by atoms with E-state index in [-0.39, 0.29) is 6.61 Å². The standard InChI is InChI=1S/C14H22N4O3S/c1-3-4-5-7-18-10-11(15-14(18)22-9-6-8-19)17(2)13(21)16-12(10)20/h19H,3-9H2,1-2H3,(H,16,20,21). The highest BCUT2D eigenvalue weighted by Gasteiger charge is 2.17. The molecule has 0 fully saturated rings. The van der Waals surface area contributed by atoms with Crippen LogP contribution in [-0.2, 0) is 13.6 Å². The van der Waals surface area contributed by atoms with Crippen molar-refractivity contribution in [1.82, 2.24) is 19.1 Å².